The second kappa shape index (κ2) is 5.29. The van der Waals surface area contributed by atoms with E-state index in [2.05, 4.69) is 5.32 Å². The Balaban J connectivity index is 2.27. The first-order chi connectivity index (χ1) is 8.59. The molecule has 0 spiro atoms. The van der Waals surface area contributed by atoms with E-state index in [4.69, 9.17) is 23.2 Å². The molecule has 5 heteroatoms. The Kier molecular flexibility index (Phi) is 3.75. The van der Waals surface area contributed by atoms with E-state index in [0.717, 1.165) is 0 Å². The molecule has 0 saturated carbocycles. The van der Waals surface area contributed by atoms with Gasteiger partial charge in [-0.15, -0.1) is 0 Å². The van der Waals surface area contributed by atoms with E-state index < -0.39 is 5.91 Å². The van der Waals surface area contributed by atoms with Gasteiger partial charge in [0.05, 0.1) is 21.3 Å². The fourth-order valence-electron chi connectivity index (χ4n) is 1.46. The van der Waals surface area contributed by atoms with Crippen LogP contribution in [-0.4, -0.2) is 11.0 Å². The Morgan fingerprint density at radius 1 is 1.06 bits per heavy atom. The van der Waals surface area contributed by atoms with Gasteiger partial charge in [-0.3, -0.25) is 4.79 Å². The van der Waals surface area contributed by atoms with E-state index in [0.29, 0.717) is 10.7 Å². The molecular weight excluding hydrogens is 273 g/mol. The standard InChI is InChI=1S/C13H9Cl2NO2/c14-9-5-3-6-10(12(9)15)16-13(18)8-4-1-2-7-11(8)17/h1-7,17H,(H,16,18). The lowest BCUT2D eigenvalue weighted by Crippen LogP contribution is -2.12. The van der Waals surface area contributed by atoms with E-state index in [1.807, 2.05) is 0 Å². The molecule has 3 nitrogen and oxygen atoms in total. The molecule has 18 heavy (non-hydrogen) atoms. The molecule has 0 unspecified atom stereocenters. The number of anilines is 1. The van der Waals surface area contributed by atoms with Crippen LogP contribution in [0.25, 0.3) is 0 Å². The highest BCUT2D eigenvalue weighted by Gasteiger charge is 2.12. The second-order valence-corrected chi connectivity index (χ2v) is 4.36. The molecule has 2 N–H and O–H groups in total. The van der Waals surface area contributed by atoms with Gasteiger partial charge in [0, 0.05) is 0 Å². The number of amides is 1. The molecule has 0 radical (unpaired) electrons. The number of phenolic OH excluding ortho intramolecular Hbond substituents is 1. The van der Waals surface area contributed by atoms with Gasteiger partial charge in [0.1, 0.15) is 5.75 Å². The number of phenols is 1. The number of carbonyl (C=O) groups excluding carboxylic acids is 1. The summed E-state index contributed by atoms with van der Waals surface area (Å²) in [6, 6.07) is 11.2. The molecule has 0 aliphatic carbocycles. The topological polar surface area (TPSA) is 49.3 Å². The Morgan fingerprint density at radius 2 is 1.78 bits per heavy atom. The van der Waals surface area contributed by atoms with Crippen LogP contribution in [0.1, 0.15) is 10.4 Å². The van der Waals surface area contributed by atoms with Gasteiger partial charge >= 0.3 is 0 Å². The average Bonchev–Trinajstić information content (AvgIpc) is 2.35. The minimum Gasteiger partial charge on any atom is -0.507 e. The first kappa shape index (κ1) is 12.7. The van der Waals surface area contributed by atoms with Crippen molar-refractivity contribution in [3.05, 3.63) is 58.1 Å². The number of benzene rings is 2. The quantitative estimate of drug-likeness (QED) is 0.876. The minimum atomic E-state index is -0.447. The fourth-order valence-corrected chi connectivity index (χ4v) is 1.80. The SMILES string of the molecule is O=C(Nc1cccc(Cl)c1Cl)c1ccccc1O. The highest BCUT2D eigenvalue weighted by Crippen LogP contribution is 2.30. The summed E-state index contributed by atoms with van der Waals surface area (Å²) in [5.74, 6) is -0.537. The maximum absolute atomic E-state index is 11.9. The third-order valence-corrected chi connectivity index (χ3v) is 3.17. The van der Waals surface area contributed by atoms with Crippen molar-refractivity contribution in [2.75, 3.05) is 5.32 Å². The summed E-state index contributed by atoms with van der Waals surface area (Å²) in [6.45, 7) is 0. The van der Waals surface area contributed by atoms with Crippen LogP contribution in [0, 0.1) is 0 Å². The number of hydrogen-bond acceptors (Lipinski definition) is 2. The third kappa shape index (κ3) is 2.58. The van der Waals surface area contributed by atoms with Crippen molar-refractivity contribution >= 4 is 34.8 Å². The van der Waals surface area contributed by atoms with Crippen LogP contribution < -0.4 is 5.32 Å². The molecule has 2 rings (SSSR count). The van der Waals surface area contributed by atoms with Crippen molar-refractivity contribution in [1.82, 2.24) is 0 Å². The van der Waals surface area contributed by atoms with Crippen LogP contribution in [0.2, 0.25) is 10.0 Å². The predicted molar refractivity (Wildman–Crippen MR) is 72.5 cm³/mol. The lowest BCUT2D eigenvalue weighted by Gasteiger charge is -2.08. The summed E-state index contributed by atoms with van der Waals surface area (Å²) in [5.41, 5.74) is 0.575. The van der Waals surface area contributed by atoms with Crippen molar-refractivity contribution < 1.29 is 9.90 Å². The van der Waals surface area contributed by atoms with Crippen LogP contribution in [0.4, 0.5) is 5.69 Å². The maximum Gasteiger partial charge on any atom is 0.259 e. The van der Waals surface area contributed by atoms with Gasteiger partial charge in [-0.05, 0) is 24.3 Å². The summed E-state index contributed by atoms with van der Waals surface area (Å²) >= 11 is 11.8. The Hall–Kier alpha value is -1.71. The molecular formula is C13H9Cl2NO2. The molecule has 2 aromatic carbocycles. The van der Waals surface area contributed by atoms with Crippen LogP contribution >= 0.6 is 23.2 Å². The maximum atomic E-state index is 11.9. The molecule has 92 valence electrons. The summed E-state index contributed by atoms with van der Waals surface area (Å²) in [5, 5.41) is 12.8. The molecule has 0 bridgehead atoms. The van der Waals surface area contributed by atoms with Gasteiger partial charge in [-0.1, -0.05) is 41.4 Å². The van der Waals surface area contributed by atoms with Gasteiger partial charge < -0.3 is 10.4 Å². The van der Waals surface area contributed by atoms with Crippen molar-refractivity contribution in [1.29, 1.82) is 0 Å². The van der Waals surface area contributed by atoms with Crippen LogP contribution in [-0.2, 0) is 0 Å². The summed E-state index contributed by atoms with van der Waals surface area (Å²) in [7, 11) is 0. The zero-order valence-corrected chi connectivity index (χ0v) is 10.7. The number of hydrogen-bond donors (Lipinski definition) is 2. The molecule has 0 heterocycles. The first-order valence-corrected chi connectivity index (χ1v) is 5.88. The predicted octanol–water partition coefficient (Wildman–Crippen LogP) is 3.95. The third-order valence-electron chi connectivity index (χ3n) is 2.35. The number of nitrogens with one attached hydrogen (secondary N) is 1. The molecule has 0 aliphatic heterocycles. The van der Waals surface area contributed by atoms with Gasteiger partial charge in [-0.25, -0.2) is 0 Å². The van der Waals surface area contributed by atoms with Crippen molar-refractivity contribution in [2.24, 2.45) is 0 Å². The molecule has 1 amide bonds. The van der Waals surface area contributed by atoms with E-state index >= 15 is 0 Å². The van der Waals surface area contributed by atoms with Crippen LogP contribution in [0.5, 0.6) is 5.75 Å². The van der Waals surface area contributed by atoms with Gasteiger partial charge in [0.25, 0.3) is 5.91 Å². The number of rotatable bonds is 2. The van der Waals surface area contributed by atoms with E-state index in [1.165, 1.54) is 12.1 Å². The first-order valence-electron chi connectivity index (χ1n) is 5.13. The minimum absolute atomic E-state index is 0.0897. The second-order valence-electron chi connectivity index (χ2n) is 3.57. The molecule has 0 aromatic heterocycles. The number of para-hydroxylation sites is 1. The molecule has 2 aromatic rings. The Morgan fingerprint density at radius 3 is 2.50 bits per heavy atom. The number of halogens is 2. The monoisotopic (exact) mass is 281 g/mol. The van der Waals surface area contributed by atoms with Crippen molar-refractivity contribution in [3.63, 3.8) is 0 Å². The molecule has 0 atom stereocenters. The van der Waals surface area contributed by atoms with Gasteiger partial charge in [0.2, 0.25) is 0 Å². The van der Waals surface area contributed by atoms with Crippen molar-refractivity contribution in [3.8, 4) is 5.75 Å². The smallest absolute Gasteiger partial charge is 0.259 e. The summed E-state index contributed by atoms with van der Waals surface area (Å²) in [6.07, 6.45) is 0. The number of carbonyl (C=O) groups is 1. The zero-order chi connectivity index (χ0) is 13.1. The van der Waals surface area contributed by atoms with Gasteiger partial charge in [0.15, 0.2) is 0 Å². The van der Waals surface area contributed by atoms with Crippen LogP contribution in [0.15, 0.2) is 42.5 Å². The zero-order valence-electron chi connectivity index (χ0n) is 9.15. The van der Waals surface area contributed by atoms with Gasteiger partial charge in [-0.2, -0.15) is 0 Å². The summed E-state index contributed by atoms with van der Waals surface area (Å²) in [4.78, 5) is 11.9. The number of aromatic hydroxyl groups is 1. The van der Waals surface area contributed by atoms with Crippen molar-refractivity contribution in [2.45, 2.75) is 0 Å². The highest BCUT2D eigenvalue weighted by molar-refractivity contribution is 6.44. The molecule has 0 saturated heterocycles. The lowest BCUT2D eigenvalue weighted by molar-refractivity contribution is 0.102. The van der Waals surface area contributed by atoms with E-state index in [9.17, 15) is 9.90 Å². The Labute approximate surface area is 114 Å². The largest absolute Gasteiger partial charge is 0.507 e. The van der Waals surface area contributed by atoms with E-state index in [1.54, 1.807) is 30.3 Å². The average molecular weight is 282 g/mol. The fraction of sp³-hybridized carbons (Fsp3) is 0. The van der Waals surface area contributed by atoms with Crippen LogP contribution in [0.3, 0.4) is 0 Å². The van der Waals surface area contributed by atoms with E-state index in [-0.39, 0.29) is 16.3 Å². The highest BCUT2D eigenvalue weighted by atomic mass is 35.5. The lowest BCUT2D eigenvalue weighted by atomic mass is 10.2. The Bertz CT molecular complexity index is 599. The molecule has 0 aliphatic rings. The normalized spacial score (nSPS) is 10.1. The molecule has 0 fully saturated rings. The summed E-state index contributed by atoms with van der Waals surface area (Å²) < 4.78 is 0.